The number of nitrogens with one attached hydrogen (secondary N) is 2. The number of aromatic nitrogens is 2. The Bertz CT molecular complexity index is 2800. The summed E-state index contributed by atoms with van der Waals surface area (Å²) in [6.07, 6.45) is -4.49. The first kappa shape index (κ1) is 47.6. The highest BCUT2D eigenvalue weighted by Crippen LogP contribution is 2.47. The molecule has 0 saturated carbocycles. The number of imide groups is 1. The van der Waals surface area contributed by atoms with Crippen LogP contribution in [0.5, 0.6) is 5.75 Å². The van der Waals surface area contributed by atoms with Gasteiger partial charge in [0, 0.05) is 30.3 Å². The molecule has 12 nitrogen and oxygen atoms in total. The van der Waals surface area contributed by atoms with E-state index in [9.17, 15) is 32.2 Å². The van der Waals surface area contributed by atoms with Crippen LogP contribution in [0.1, 0.15) is 77.9 Å². The van der Waals surface area contributed by atoms with Gasteiger partial charge in [-0.05, 0) is 97.3 Å². The van der Waals surface area contributed by atoms with Gasteiger partial charge in [-0.15, -0.1) is 0 Å². The van der Waals surface area contributed by atoms with Crippen LogP contribution in [0.2, 0.25) is 0 Å². The van der Waals surface area contributed by atoms with Crippen LogP contribution in [-0.2, 0) is 64.7 Å². The van der Waals surface area contributed by atoms with Crippen LogP contribution in [0.3, 0.4) is 0 Å². The summed E-state index contributed by atoms with van der Waals surface area (Å²) in [4.78, 5) is 37.5. The number of amides is 3. The summed E-state index contributed by atoms with van der Waals surface area (Å²) in [5.41, 5.74) is 3.93. The number of carbonyl (C=O) groups excluding carboxylic acids is 2. The molecule has 1 aromatic heterocycles. The van der Waals surface area contributed by atoms with Crippen LogP contribution in [-0.4, -0.2) is 31.7 Å². The Hall–Kier alpha value is -6.39. The van der Waals surface area contributed by atoms with Crippen molar-refractivity contribution in [2.75, 3.05) is 5.32 Å². The van der Waals surface area contributed by atoms with Crippen LogP contribution >= 0.6 is 7.82 Å². The van der Waals surface area contributed by atoms with Gasteiger partial charge in [0.25, 0.3) is 0 Å². The quantitative estimate of drug-likeness (QED) is 0.0718. The number of anilines is 1. The van der Waals surface area contributed by atoms with Crippen molar-refractivity contribution in [2.45, 2.75) is 85.5 Å². The third kappa shape index (κ3) is 10.5. The highest BCUT2D eigenvalue weighted by molar-refractivity contribution is 7.47. The monoisotopic (exact) mass is 931 g/mol. The first-order valence-corrected chi connectivity index (χ1v) is 22.5. The van der Waals surface area contributed by atoms with E-state index in [0.29, 0.717) is 46.4 Å². The SMILES string of the molecule is CCc1cccc(CC)c1-n1nc2c(c1-c1cc(F)c(NC(=O)NC(=O)OCc3ccc(OP(=O)(O)OCc4ccccc4)cc3)cc1F)CN(Cc1ccc(C(F)(F)F)cc1C)C2(C)C. The fraction of sp³-hybridized carbons (Fsp3) is 0.271. The molecule has 1 unspecified atom stereocenters. The van der Waals surface area contributed by atoms with Gasteiger partial charge in [0.05, 0.1) is 40.5 Å². The Morgan fingerprint density at radius 1 is 0.848 bits per heavy atom. The lowest BCUT2D eigenvalue weighted by Gasteiger charge is -2.32. The van der Waals surface area contributed by atoms with Gasteiger partial charge in [-0.25, -0.2) is 32.9 Å². The van der Waals surface area contributed by atoms with Crippen LogP contribution in [0, 0.1) is 18.6 Å². The lowest BCUT2D eigenvalue weighted by molar-refractivity contribution is -0.137. The van der Waals surface area contributed by atoms with Gasteiger partial charge in [-0.2, -0.15) is 18.3 Å². The van der Waals surface area contributed by atoms with Gasteiger partial charge in [0.1, 0.15) is 24.0 Å². The fourth-order valence-electron chi connectivity index (χ4n) is 7.86. The number of hydrogen-bond acceptors (Lipinski definition) is 8. The van der Waals surface area contributed by atoms with Gasteiger partial charge in [-0.3, -0.25) is 14.3 Å². The molecule has 346 valence electrons. The maximum absolute atomic E-state index is 16.6. The highest BCUT2D eigenvalue weighted by Gasteiger charge is 2.44. The Kier molecular flexibility index (Phi) is 13.9. The molecule has 5 aromatic carbocycles. The second-order valence-corrected chi connectivity index (χ2v) is 17.6. The minimum Gasteiger partial charge on any atom is -0.444 e. The molecule has 18 heteroatoms. The van der Waals surface area contributed by atoms with E-state index in [1.54, 1.807) is 41.9 Å². The molecule has 66 heavy (non-hydrogen) atoms. The third-order valence-electron chi connectivity index (χ3n) is 11.4. The summed E-state index contributed by atoms with van der Waals surface area (Å²) in [5, 5.41) is 9.16. The summed E-state index contributed by atoms with van der Waals surface area (Å²) in [6.45, 7) is 9.37. The van der Waals surface area contributed by atoms with Crippen LogP contribution < -0.4 is 15.2 Å². The van der Waals surface area contributed by atoms with E-state index in [1.807, 2.05) is 56.1 Å². The zero-order valence-electron chi connectivity index (χ0n) is 36.6. The van der Waals surface area contributed by atoms with E-state index in [4.69, 9.17) is 18.9 Å². The molecular weight excluding hydrogens is 885 g/mol. The van der Waals surface area contributed by atoms with Crippen molar-refractivity contribution in [1.82, 2.24) is 20.0 Å². The second-order valence-electron chi connectivity index (χ2n) is 16.2. The van der Waals surface area contributed by atoms with E-state index < -0.39 is 54.5 Å². The molecule has 1 aliphatic heterocycles. The molecular formula is C48H47F5N5O7P. The summed E-state index contributed by atoms with van der Waals surface area (Å²) >= 11 is 0. The molecule has 6 aromatic rings. The Morgan fingerprint density at radius 2 is 1.52 bits per heavy atom. The predicted molar refractivity (Wildman–Crippen MR) is 237 cm³/mol. The number of rotatable bonds is 14. The van der Waals surface area contributed by atoms with Gasteiger partial charge in [-0.1, -0.05) is 80.6 Å². The maximum Gasteiger partial charge on any atom is 0.527 e. The number of para-hydroxylation sites is 1. The average molecular weight is 932 g/mol. The van der Waals surface area contributed by atoms with E-state index >= 15 is 8.78 Å². The molecule has 3 amide bonds. The summed E-state index contributed by atoms with van der Waals surface area (Å²) in [6, 6.07) is 24.3. The first-order valence-electron chi connectivity index (χ1n) is 21.0. The number of alkyl carbamates (subject to hydrolysis) is 1. The normalized spacial score (nSPS) is 14.3. The standard InChI is InChI=1S/C48H47F5N5O7P/c1-6-32-14-11-15-33(7-2)42(32)58-43(38-26-57(47(4,5)44(38)56-58)25-34-18-19-35(22-29(34)3)48(51,52)53)37-23-40(50)41(24-39(37)49)54-45(59)55-46(60)63-27-31-16-20-36(21-17-31)65-66(61,62)64-28-30-12-9-8-10-13-30/h8-24H,6-7,25-28H2,1-5H3,(H,61,62)(H2,54,55,59,60). The van der Waals surface area contributed by atoms with Gasteiger partial charge in [0.15, 0.2) is 0 Å². The van der Waals surface area contributed by atoms with Crippen molar-refractivity contribution < 1.29 is 54.8 Å². The predicted octanol–water partition coefficient (Wildman–Crippen LogP) is 11.7. The number of fused-ring (bicyclic) bond motifs is 1. The molecule has 1 aliphatic rings. The van der Waals surface area contributed by atoms with Gasteiger partial charge < -0.3 is 14.6 Å². The molecule has 1 atom stereocenters. The van der Waals surface area contributed by atoms with Gasteiger partial charge >= 0.3 is 26.1 Å². The number of ether oxygens (including phenoxy) is 1. The maximum atomic E-state index is 16.6. The molecule has 0 bridgehead atoms. The molecule has 0 spiro atoms. The number of hydrogen-bond donors (Lipinski definition) is 3. The minimum atomic E-state index is -4.50. The topological polar surface area (TPSA) is 144 Å². The molecule has 7 rings (SSSR count). The van der Waals surface area contributed by atoms with E-state index in [1.165, 1.54) is 30.3 Å². The first-order chi connectivity index (χ1) is 31.3. The smallest absolute Gasteiger partial charge is 0.444 e. The van der Waals surface area contributed by atoms with Crippen LogP contribution in [0.15, 0.2) is 103 Å². The molecule has 3 N–H and O–H groups in total. The zero-order valence-corrected chi connectivity index (χ0v) is 37.5. The van der Waals surface area contributed by atoms with Crippen LogP contribution in [0.25, 0.3) is 16.9 Å². The Labute approximate surface area is 377 Å². The molecule has 0 fully saturated rings. The zero-order chi connectivity index (χ0) is 47.6. The number of aryl methyl sites for hydroxylation is 3. The number of phosphoric ester groups is 1. The number of nitrogens with zero attached hydrogens (tertiary/aromatic N) is 3. The highest BCUT2D eigenvalue weighted by atomic mass is 31.2. The number of alkyl halides is 3. The summed E-state index contributed by atoms with van der Waals surface area (Å²) in [5.74, 6) is -1.93. The number of phosphoric acid groups is 1. The van der Waals surface area contributed by atoms with Crippen molar-refractivity contribution in [2.24, 2.45) is 0 Å². The lowest BCUT2D eigenvalue weighted by Crippen LogP contribution is -2.36. The summed E-state index contributed by atoms with van der Waals surface area (Å²) in [7, 11) is -4.46. The molecule has 0 radical (unpaired) electrons. The minimum absolute atomic E-state index is 0.00431. The van der Waals surface area contributed by atoms with Crippen molar-refractivity contribution in [3.63, 3.8) is 0 Å². The Balaban J connectivity index is 1.07. The molecule has 2 heterocycles. The average Bonchev–Trinajstić information content (AvgIpc) is 3.76. The van der Waals surface area contributed by atoms with Crippen molar-refractivity contribution in [1.29, 1.82) is 0 Å². The fourth-order valence-corrected chi connectivity index (χ4v) is 8.61. The molecule has 0 aliphatic carbocycles. The number of urea groups is 1. The lowest BCUT2D eigenvalue weighted by atomic mass is 9.97. The van der Waals surface area contributed by atoms with Gasteiger partial charge in [0.2, 0.25) is 0 Å². The van der Waals surface area contributed by atoms with E-state index in [0.717, 1.165) is 41.1 Å². The van der Waals surface area contributed by atoms with Crippen molar-refractivity contribution in [3.8, 4) is 22.7 Å². The number of carbonyl (C=O) groups is 2. The van der Waals surface area contributed by atoms with E-state index in [2.05, 4.69) is 5.32 Å². The number of benzene rings is 5. The summed E-state index contributed by atoms with van der Waals surface area (Å²) < 4.78 is 102. The third-order valence-corrected chi connectivity index (χ3v) is 12.3. The Morgan fingerprint density at radius 3 is 2.15 bits per heavy atom. The van der Waals surface area contributed by atoms with Crippen molar-refractivity contribution in [3.05, 3.63) is 165 Å². The number of halogens is 5. The molecule has 0 saturated heterocycles. The second kappa shape index (κ2) is 19.2. The largest absolute Gasteiger partial charge is 0.527 e. The van der Waals surface area contributed by atoms with Crippen molar-refractivity contribution >= 4 is 25.6 Å². The van der Waals surface area contributed by atoms with E-state index in [-0.39, 0.29) is 43.3 Å². The van der Waals surface area contributed by atoms with Crippen LogP contribution in [0.4, 0.5) is 37.2 Å².